The molecule has 2 heterocycles. The first-order valence-electron chi connectivity index (χ1n) is 13.8. The van der Waals surface area contributed by atoms with Crippen LogP contribution in [0.15, 0.2) is 54.1 Å². The molecule has 1 saturated heterocycles. The van der Waals surface area contributed by atoms with Crippen molar-refractivity contribution in [3.63, 3.8) is 0 Å². The van der Waals surface area contributed by atoms with E-state index in [1.165, 1.54) is 42.4 Å². The van der Waals surface area contributed by atoms with E-state index in [2.05, 4.69) is 65.3 Å². The van der Waals surface area contributed by atoms with Crippen molar-refractivity contribution in [1.29, 1.82) is 0 Å². The van der Waals surface area contributed by atoms with E-state index >= 15 is 0 Å². The molecule has 184 valence electrons. The molecule has 6 aliphatic rings. The number of fused-ring (bicyclic) bond motifs is 2. The Balaban J connectivity index is 1.15. The highest BCUT2D eigenvalue weighted by atomic mass is 19.1. The zero-order valence-corrected chi connectivity index (χ0v) is 20.9. The highest BCUT2D eigenvalue weighted by Crippen LogP contribution is 2.65. The fourth-order valence-electron chi connectivity index (χ4n) is 7.93. The van der Waals surface area contributed by atoms with Crippen molar-refractivity contribution >= 4 is 5.57 Å². The van der Waals surface area contributed by atoms with Gasteiger partial charge in [-0.2, -0.15) is 0 Å². The number of benzene rings is 2. The molecule has 4 heteroatoms. The summed E-state index contributed by atoms with van der Waals surface area (Å²) >= 11 is 0. The zero-order chi connectivity index (χ0) is 23.6. The van der Waals surface area contributed by atoms with Gasteiger partial charge in [0.1, 0.15) is 11.9 Å². The number of halogens is 1. The number of alkyl halides is 1. The summed E-state index contributed by atoms with van der Waals surface area (Å²) < 4.78 is 18.9. The molecule has 8 rings (SSSR count). The van der Waals surface area contributed by atoms with Gasteiger partial charge in [0.2, 0.25) is 0 Å². The molecule has 3 nitrogen and oxygen atoms in total. The van der Waals surface area contributed by atoms with Crippen LogP contribution >= 0.6 is 0 Å². The Morgan fingerprint density at radius 3 is 2.60 bits per heavy atom. The lowest BCUT2D eigenvalue weighted by molar-refractivity contribution is -0.173. The maximum Gasteiger partial charge on any atom is 0.119 e. The summed E-state index contributed by atoms with van der Waals surface area (Å²) in [4.78, 5) is 5.25. The van der Waals surface area contributed by atoms with Crippen LogP contribution in [0.3, 0.4) is 0 Å². The first kappa shape index (κ1) is 22.1. The van der Waals surface area contributed by atoms with Crippen molar-refractivity contribution in [3.8, 4) is 5.75 Å². The van der Waals surface area contributed by atoms with E-state index < -0.39 is 0 Å². The normalized spacial score (nSPS) is 33.8. The predicted molar refractivity (Wildman–Crippen MR) is 138 cm³/mol. The van der Waals surface area contributed by atoms with Crippen molar-refractivity contribution < 1.29 is 9.13 Å². The van der Waals surface area contributed by atoms with Crippen LogP contribution in [0.25, 0.3) is 5.57 Å². The number of rotatable bonds is 7. The second-order valence-electron chi connectivity index (χ2n) is 11.8. The molecule has 2 bridgehead atoms. The lowest BCUT2D eigenvalue weighted by Gasteiger charge is -2.70. The molecule has 3 atom stereocenters. The van der Waals surface area contributed by atoms with Crippen LogP contribution in [0.1, 0.15) is 68.2 Å². The monoisotopic (exact) mass is 472 g/mol. The van der Waals surface area contributed by atoms with Crippen LogP contribution in [0.4, 0.5) is 4.39 Å². The van der Waals surface area contributed by atoms with Gasteiger partial charge in [0.25, 0.3) is 0 Å². The molecule has 2 aliphatic heterocycles. The first-order valence-corrected chi connectivity index (χ1v) is 13.8. The summed E-state index contributed by atoms with van der Waals surface area (Å²) in [5.41, 5.74) is 8.11. The fraction of sp³-hybridized carbons (Fsp3) is 0.548. The van der Waals surface area contributed by atoms with E-state index in [9.17, 15) is 4.39 Å². The number of likely N-dealkylation sites (tertiary alicyclic amines) is 1. The van der Waals surface area contributed by atoms with Crippen LogP contribution in [0.2, 0.25) is 0 Å². The van der Waals surface area contributed by atoms with Gasteiger partial charge in [-0.1, -0.05) is 36.4 Å². The summed E-state index contributed by atoms with van der Waals surface area (Å²) in [6.45, 7) is 5.00. The molecule has 4 aliphatic carbocycles. The Kier molecular flexibility index (Phi) is 5.33. The number of ether oxygens (including phenoxy) is 1. The zero-order valence-electron chi connectivity index (χ0n) is 20.9. The average molecular weight is 473 g/mol. The van der Waals surface area contributed by atoms with E-state index in [1.807, 2.05) is 0 Å². The van der Waals surface area contributed by atoms with Gasteiger partial charge in [0.15, 0.2) is 0 Å². The van der Waals surface area contributed by atoms with Crippen molar-refractivity contribution in [2.24, 2.45) is 5.92 Å². The van der Waals surface area contributed by atoms with Crippen molar-refractivity contribution in [3.05, 3.63) is 70.8 Å². The van der Waals surface area contributed by atoms with Gasteiger partial charge < -0.3 is 4.74 Å². The maximum absolute atomic E-state index is 12.5. The molecule has 0 unspecified atom stereocenters. The minimum Gasteiger partial charge on any atom is -0.489 e. The van der Waals surface area contributed by atoms with E-state index in [-0.39, 0.29) is 12.8 Å². The van der Waals surface area contributed by atoms with Crippen LogP contribution in [0, 0.1) is 5.92 Å². The van der Waals surface area contributed by atoms with E-state index in [0.29, 0.717) is 24.0 Å². The largest absolute Gasteiger partial charge is 0.489 e. The first-order chi connectivity index (χ1) is 17.1. The van der Waals surface area contributed by atoms with Crippen LogP contribution in [-0.4, -0.2) is 53.8 Å². The Bertz CT molecular complexity index is 1120. The summed E-state index contributed by atoms with van der Waals surface area (Å²) in [6, 6.07) is 19.1. The number of hydrogen-bond donors (Lipinski definition) is 0. The van der Waals surface area contributed by atoms with E-state index in [0.717, 1.165) is 44.1 Å². The number of nitrogens with zero attached hydrogens (tertiary/aromatic N) is 2. The molecule has 0 N–H and O–H groups in total. The van der Waals surface area contributed by atoms with Gasteiger partial charge in [-0.15, -0.1) is 0 Å². The average Bonchev–Trinajstić information content (AvgIpc) is 3.41. The molecular formula is C31H37FN2O. The predicted octanol–water partition coefficient (Wildman–Crippen LogP) is 6.20. The molecule has 2 aromatic carbocycles. The summed E-state index contributed by atoms with van der Waals surface area (Å²) in [5.74, 6) is 1.95. The molecule has 0 aromatic heterocycles. The van der Waals surface area contributed by atoms with Crippen molar-refractivity contribution in [2.75, 3.05) is 26.3 Å². The Morgan fingerprint density at radius 2 is 1.86 bits per heavy atom. The summed E-state index contributed by atoms with van der Waals surface area (Å²) in [5, 5.41) is 0. The lowest BCUT2D eigenvalue weighted by Crippen LogP contribution is -2.71. The molecule has 0 radical (unpaired) electrons. The molecular weight excluding hydrogens is 435 g/mol. The summed E-state index contributed by atoms with van der Waals surface area (Å²) in [6.07, 6.45) is 8.32. The third-order valence-electron chi connectivity index (χ3n) is 9.58. The van der Waals surface area contributed by atoms with Crippen molar-refractivity contribution in [2.45, 2.75) is 75.6 Å². The minimum absolute atomic E-state index is 0.214. The third kappa shape index (κ3) is 3.59. The molecule has 35 heavy (non-hydrogen) atoms. The Labute approximate surface area is 209 Å². The quantitative estimate of drug-likeness (QED) is 0.477. The maximum atomic E-state index is 12.5. The smallest absolute Gasteiger partial charge is 0.119 e. The second-order valence-corrected chi connectivity index (χ2v) is 11.8. The van der Waals surface area contributed by atoms with Gasteiger partial charge in [-0.25, -0.2) is 0 Å². The SMILES string of the molecule is C[C@@H]1CC2=C(Cc3ccccc32)[C@@H](c2ccc(O[C@@H]3CCN(CCCF)C3)cc2)N1C12CC(C1)C2. The van der Waals surface area contributed by atoms with E-state index in [4.69, 9.17) is 4.74 Å². The molecule has 3 saturated carbocycles. The molecule has 2 aromatic rings. The summed E-state index contributed by atoms with van der Waals surface area (Å²) in [7, 11) is 0. The second kappa shape index (κ2) is 8.45. The van der Waals surface area contributed by atoms with Gasteiger partial charge in [0, 0.05) is 31.2 Å². The van der Waals surface area contributed by atoms with E-state index in [1.54, 1.807) is 11.1 Å². The standard InChI is InChI=1S/C31H37FN2O/c1-21-15-28-27-6-3-2-5-24(27)16-29(28)30(34(21)31-17-22(18-31)19-31)23-7-9-25(10-8-23)35-26-11-14-33(20-26)13-4-12-32/h2-3,5-10,21-22,26,30H,4,11-20H2,1H3/t21-,22?,26-,30-,31?/m1/s1. The highest BCUT2D eigenvalue weighted by Gasteiger charge is 2.63. The van der Waals surface area contributed by atoms with Crippen molar-refractivity contribution in [1.82, 2.24) is 9.80 Å². The Hall–Kier alpha value is -2.17. The van der Waals surface area contributed by atoms with Gasteiger partial charge in [-0.05, 0) is 97.8 Å². The van der Waals surface area contributed by atoms with Gasteiger partial charge in [-0.3, -0.25) is 14.2 Å². The topological polar surface area (TPSA) is 15.7 Å². The lowest BCUT2D eigenvalue weighted by atomic mass is 9.48. The minimum atomic E-state index is -0.231. The van der Waals surface area contributed by atoms with Gasteiger partial charge in [0.05, 0.1) is 12.7 Å². The molecule has 4 fully saturated rings. The Morgan fingerprint density at radius 1 is 1.06 bits per heavy atom. The number of hydrogen-bond acceptors (Lipinski definition) is 3. The molecule has 0 amide bonds. The van der Waals surface area contributed by atoms with Crippen LogP contribution in [0.5, 0.6) is 5.75 Å². The van der Waals surface area contributed by atoms with Crippen LogP contribution in [-0.2, 0) is 6.42 Å². The molecule has 0 spiro atoms. The fourth-order valence-corrected chi connectivity index (χ4v) is 7.93. The van der Waals surface area contributed by atoms with Gasteiger partial charge >= 0.3 is 0 Å². The highest BCUT2D eigenvalue weighted by molar-refractivity contribution is 5.79. The third-order valence-corrected chi connectivity index (χ3v) is 9.58. The van der Waals surface area contributed by atoms with Crippen LogP contribution < -0.4 is 4.74 Å².